The summed E-state index contributed by atoms with van der Waals surface area (Å²) >= 11 is 6.16. The van der Waals surface area contributed by atoms with E-state index >= 15 is 0 Å². The number of imidazole rings is 1. The van der Waals surface area contributed by atoms with Crippen LogP contribution in [0.4, 0.5) is 5.69 Å². The van der Waals surface area contributed by atoms with Crippen molar-refractivity contribution in [3.05, 3.63) is 52.9 Å². The van der Waals surface area contributed by atoms with E-state index in [1.165, 1.54) is 12.8 Å². The zero-order chi connectivity index (χ0) is 16.0. The van der Waals surface area contributed by atoms with Gasteiger partial charge in [-0.05, 0) is 43.5 Å². The Morgan fingerprint density at radius 1 is 1.30 bits per heavy atom. The van der Waals surface area contributed by atoms with E-state index in [0.29, 0.717) is 22.3 Å². The number of amides is 1. The number of hydrogen-bond donors (Lipinski definition) is 1. The molecule has 2 heterocycles. The molecule has 5 nitrogen and oxygen atoms in total. The molecule has 0 bridgehead atoms. The first-order chi connectivity index (χ1) is 11.1. The third-order valence-electron chi connectivity index (χ3n) is 3.99. The fourth-order valence-electron chi connectivity index (χ4n) is 2.58. The molecule has 1 aliphatic rings. The molecule has 1 saturated carbocycles. The van der Waals surface area contributed by atoms with E-state index in [9.17, 15) is 4.79 Å². The summed E-state index contributed by atoms with van der Waals surface area (Å²) in [6.07, 6.45) is 5.72. The van der Waals surface area contributed by atoms with Gasteiger partial charge in [-0.3, -0.25) is 4.79 Å². The maximum absolute atomic E-state index is 12.4. The number of aromatic nitrogens is 3. The van der Waals surface area contributed by atoms with E-state index in [-0.39, 0.29) is 5.91 Å². The molecule has 2 aromatic heterocycles. The summed E-state index contributed by atoms with van der Waals surface area (Å²) in [5.74, 6) is -0.244. The maximum atomic E-state index is 12.4. The van der Waals surface area contributed by atoms with Crippen LogP contribution in [0.1, 0.15) is 34.8 Å². The molecule has 6 heteroatoms. The highest BCUT2D eigenvalue weighted by Crippen LogP contribution is 2.36. The third-order valence-corrected chi connectivity index (χ3v) is 4.30. The van der Waals surface area contributed by atoms with Crippen LogP contribution >= 0.6 is 11.6 Å². The highest BCUT2D eigenvalue weighted by Gasteiger charge is 2.25. The Balaban J connectivity index is 1.61. The van der Waals surface area contributed by atoms with E-state index in [4.69, 9.17) is 11.6 Å². The van der Waals surface area contributed by atoms with Gasteiger partial charge >= 0.3 is 0 Å². The molecule has 23 heavy (non-hydrogen) atoms. The van der Waals surface area contributed by atoms with Crippen molar-refractivity contribution in [1.29, 1.82) is 0 Å². The molecule has 0 radical (unpaired) electrons. The highest BCUT2D eigenvalue weighted by molar-refractivity contribution is 6.34. The van der Waals surface area contributed by atoms with Crippen LogP contribution in [-0.4, -0.2) is 20.4 Å². The predicted molar refractivity (Wildman–Crippen MR) is 89.9 cm³/mol. The molecular formula is C17H15ClN4O. The Labute approximate surface area is 138 Å². The van der Waals surface area contributed by atoms with Crippen molar-refractivity contribution in [2.24, 2.45) is 0 Å². The van der Waals surface area contributed by atoms with Gasteiger partial charge in [0.05, 0.1) is 22.6 Å². The van der Waals surface area contributed by atoms with Gasteiger partial charge in [0.1, 0.15) is 5.52 Å². The van der Waals surface area contributed by atoms with Crippen LogP contribution in [0.25, 0.3) is 11.2 Å². The predicted octanol–water partition coefficient (Wildman–Crippen LogP) is 3.98. The lowest BCUT2D eigenvalue weighted by molar-refractivity contribution is 0.102. The Hall–Kier alpha value is -2.40. The minimum absolute atomic E-state index is 0.244. The van der Waals surface area contributed by atoms with Gasteiger partial charge in [-0.2, -0.15) is 0 Å². The standard InChI is InChI=1S/C17H15ClN4O/c1-10-2-5-14(13(18)6-10)21-17(23)11-7-15-16(19-8-11)22(9-20-15)12-3-4-12/h2,5-9,12H,3-4H2,1H3,(H,21,23). The number of fused-ring (bicyclic) bond motifs is 1. The minimum Gasteiger partial charge on any atom is -0.321 e. The molecule has 3 aromatic rings. The van der Waals surface area contributed by atoms with Crippen molar-refractivity contribution in [2.75, 3.05) is 5.32 Å². The van der Waals surface area contributed by atoms with Crippen molar-refractivity contribution in [1.82, 2.24) is 14.5 Å². The molecule has 0 saturated heterocycles. The summed E-state index contributed by atoms with van der Waals surface area (Å²) in [4.78, 5) is 21.2. The minimum atomic E-state index is -0.244. The van der Waals surface area contributed by atoms with Crippen molar-refractivity contribution >= 4 is 34.4 Å². The molecule has 0 atom stereocenters. The SMILES string of the molecule is Cc1ccc(NC(=O)c2cnc3c(c2)ncn3C2CC2)c(Cl)c1. The monoisotopic (exact) mass is 326 g/mol. The van der Waals surface area contributed by atoms with Gasteiger partial charge in [0.2, 0.25) is 0 Å². The first-order valence-electron chi connectivity index (χ1n) is 7.52. The van der Waals surface area contributed by atoms with E-state index in [0.717, 1.165) is 16.7 Å². The number of hydrogen-bond acceptors (Lipinski definition) is 3. The number of carbonyl (C=O) groups is 1. The van der Waals surface area contributed by atoms with E-state index < -0.39 is 0 Å². The average Bonchev–Trinajstić information content (AvgIpc) is 3.29. The summed E-state index contributed by atoms with van der Waals surface area (Å²) in [5, 5.41) is 3.33. The number of anilines is 1. The molecule has 1 aliphatic carbocycles. The van der Waals surface area contributed by atoms with E-state index in [1.807, 2.05) is 19.1 Å². The smallest absolute Gasteiger partial charge is 0.257 e. The molecule has 4 rings (SSSR count). The van der Waals surface area contributed by atoms with Gasteiger partial charge in [0, 0.05) is 12.2 Å². The number of halogens is 1. The first kappa shape index (κ1) is 14.2. The zero-order valence-corrected chi connectivity index (χ0v) is 13.3. The van der Waals surface area contributed by atoms with E-state index in [1.54, 1.807) is 24.7 Å². The highest BCUT2D eigenvalue weighted by atomic mass is 35.5. The molecule has 1 aromatic carbocycles. The van der Waals surface area contributed by atoms with Crippen molar-refractivity contribution in [3.63, 3.8) is 0 Å². The molecule has 0 aliphatic heterocycles. The second-order valence-electron chi connectivity index (χ2n) is 5.89. The molecular weight excluding hydrogens is 312 g/mol. The summed E-state index contributed by atoms with van der Waals surface area (Å²) < 4.78 is 2.08. The Bertz CT molecular complexity index is 914. The lowest BCUT2D eigenvalue weighted by Gasteiger charge is -2.08. The Kier molecular flexibility index (Phi) is 3.31. The summed E-state index contributed by atoms with van der Waals surface area (Å²) in [6.45, 7) is 1.95. The molecule has 0 spiro atoms. The quantitative estimate of drug-likeness (QED) is 0.792. The van der Waals surface area contributed by atoms with Crippen LogP contribution in [0, 0.1) is 6.92 Å². The van der Waals surface area contributed by atoms with Gasteiger partial charge in [-0.15, -0.1) is 0 Å². The van der Waals surface area contributed by atoms with Gasteiger partial charge in [0.15, 0.2) is 5.65 Å². The number of pyridine rings is 1. The molecule has 0 unspecified atom stereocenters. The second kappa shape index (κ2) is 5.35. The van der Waals surface area contributed by atoms with Gasteiger partial charge in [0.25, 0.3) is 5.91 Å². The fourth-order valence-corrected chi connectivity index (χ4v) is 2.86. The van der Waals surface area contributed by atoms with Crippen LogP contribution in [0.5, 0.6) is 0 Å². The Morgan fingerprint density at radius 3 is 2.87 bits per heavy atom. The molecule has 116 valence electrons. The van der Waals surface area contributed by atoms with Gasteiger partial charge < -0.3 is 9.88 Å². The van der Waals surface area contributed by atoms with Crippen LogP contribution in [0.15, 0.2) is 36.8 Å². The number of carbonyl (C=O) groups excluding carboxylic acids is 1. The van der Waals surface area contributed by atoms with E-state index in [2.05, 4.69) is 19.9 Å². The average molecular weight is 327 g/mol. The van der Waals surface area contributed by atoms with Crippen molar-refractivity contribution in [2.45, 2.75) is 25.8 Å². The second-order valence-corrected chi connectivity index (χ2v) is 6.29. The number of benzene rings is 1. The largest absolute Gasteiger partial charge is 0.321 e. The van der Waals surface area contributed by atoms with Crippen LogP contribution in [-0.2, 0) is 0 Å². The van der Waals surface area contributed by atoms with Gasteiger partial charge in [-0.1, -0.05) is 17.7 Å². The summed E-state index contributed by atoms with van der Waals surface area (Å²) in [5.41, 5.74) is 3.67. The number of rotatable bonds is 3. The van der Waals surface area contributed by atoms with Crippen LogP contribution in [0.2, 0.25) is 5.02 Å². The van der Waals surface area contributed by atoms with Gasteiger partial charge in [-0.25, -0.2) is 9.97 Å². The fraction of sp³-hybridized carbons (Fsp3) is 0.235. The lowest BCUT2D eigenvalue weighted by atomic mass is 10.2. The first-order valence-corrected chi connectivity index (χ1v) is 7.90. The summed E-state index contributed by atoms with van der Waals surface area (Å²) in [7, 11) is 0. The number of nitrogens with one attached hydrogen (secondary N) is 1. The van der Waals surface area contributed by atoms with Crippen LogP contribution in [0.3, 0.4) is 0 Å². The van der Waals surface area contributed by atoms with Crippen molar-refractivity contribution in [3.8, 4) is 0 Å². The maximum Gasteiger partial charge on any atom is 0.257 e. The van der Waals surface area contributed by atoms with Crippen molar-refractivity contribution < 1.29 is 4.79 Å². The number of nitrogens with zero attached hydrogens (tertiary/aromatic N) is 3. The number of aryl methyl sites for hydroxylation is 1. The zero-order valence-electron chi connectivity index (χ0n) is 12.6. The molecule has 1 fully saturated rings. The lowest BCUT2D eigenvalue weighted by Crippen LogP contribution is -2.12. The van der Waals surface area contributed by atoms with Crippen LogP contribution < -0.4 is 5.32 Å². The Morgan fingerprint density at radius 2 is 2.13 bits per heavy atom. The normalized spacial score (nSPS) is 14.2. The molecule has 1 amide bonds. The topological polar surface area (TPSA) is 59.8 Å². The molecule has 1 N–H and O–H groups in total. The third kappa shape index (κ3) is 2.68. The summed E-state index contributed by atoms with van der Waals surface area (Å²) in [6, 6.07) is 7.79.